The molecule has 9 heteroatoms. The molecule has 152 valence electrons. The van der Waals surface area contributed by atoms with Crippen LogP contribution in [0.5, 0.6) is 0 Å². The molecule has 0 amide bonds. The molecule has 0 radical (unpaired) electrons. The largest absolute Gasteiger partial charge is 0.357 e. The number of aryl methyl sites for hydroxylation is 2. The summed E-state index contributed by atoms with van der Waals surface area (Å²) in [7, 11) is 1.88. The van der Waals surface area contributed by atoms with Crippen LogP contribution in [0.25, 0.3) is 0 Å². The molecule has 0 aliphatic carbocycles. The van der Waals surface area contributed by atoms with Crippen molar-refractivity contribution in [3.8, 4) is 0 Å². The molecule has 0 aromatic carbocycles. The fourth-order valence-corrected chi connectivity index (χ4v) is 3.15. The number of aromatic nitrogens is 3. The van der Waals surface area contributed by atoms with Crippen LogP contribution in [0.1, 0.15) is 30.9 Å². The second kappa shape index (κ2) is 11.2. The number of aliphatic imine (C=N–C) groups is 1. The molecule has 2 aromatic heterocycles. The molecule has 6 nitrogen and oxygen atoms in total. The van der Waals surface area contributed by atoms with Crippen LogP contribution in [-0.2, 0) is 20.1 Å². The average molecular weight is 527 g/mol. The quantitative estimate of drug-likeness (QED) is 0.323. The molecule has 0 aliphatic rings. The third-order valence-corrected chi connectivity index (χ3v) is 5.01. The zero-order valence-electron chi connectivity index (χ0n) is 16.5. The minimum absolute atomic E-state index is 0. The summed E-state index contributed by atoms with van der Waals surface area (Å²) in [5, 5.41) is 12.3. The summed E-state index contributed by atoms with van der Waals surface area (Å²) in [4.78, 5) is 4.63. The first kappa shape index (κ1) is 24.1. The van der Waals surface area contributed by atoms with E-state index in [1.165, 1.54) is 5.69 Å². The van der Waals surface area contributed by atoms with Crippen LogP contribution < -0.4 is 10.6 Å². The van der Waals surface area contributed by atoms with Crippen molar-refractivity contribution < 1.29 is 0 Å². The summed E-state index contributed by atoms with van der Waals surface area (Å²) in [5.41, 5.74) is 3.21. The normalized spacial score (nSPS) is 12.6. The van der Waals surface area contributed by atoms with E-state index >= 15 is 0 Å². The maximum atomic E-state index is 6.11. The van der Waals surface area contributed by atoms with Crippen LogP contribution in [0.4, 0.5) is 0 Å². The predicted molar refractivity (Wildman–Crippen MR) is 125 cm³/mol. The molecule has 2 rings (SSSR count). The number of halogens is 3. The Labute approximate surface area is 188 Å². The van der Waals surface area contributed by atoms with Crippen molar-refractivity contribution in [1.82, 2.24) is 25.0 Å². The summed E-state index contributed by atoms with van der Waals surface area (Å²) in [6.45, 7) is 11.3. The van der Waals surface area contributed by atoms with Gasteiger partial charge in [-0.1, -0.05) is 30.1 Å². The summed E-state index contributed by atoms with van der Waals surface area (Å²) in [5.74, 6) is 1.19. The van der Waals surface area contributed by atoms with Gasteiger partial charge < -0.3 is 15.2 Å². The van der Waals surface area contributed by atoms with Gasteiger partial charge in [0.25, 0.3) is 0 Å². The molecular weight excluding hydrogens is 498 g/mol. The Morgan fingerprint density at radius 3 is 2.48 bits per heavy atom. The third-order valence-electron chi connectivity index (χ3n) is 4.17. The van der Waals surface area contributed by atoms with E-state index in [1.807, 2.05) is 31.5 Å². The van der Waals surface area contributed by atoms with Gasteiger partial charge in [0.05, 0.1) is 17.3 Å². The molecule has 0 fully saturated rings. The highest BCUT2D eigenvalue weighted by Gasteiger charge is 2.10. The van der Waals surface area contributed by atoms with Crippen molar-refractivity contribution in [3.05, 3.63) is 39.4 Å². The standard InChI is InChI=1S/C18H28Cl2N6.HI/c1-6-21-18(23-10-15-8-16(19)17(20)25(15)5)22-9-12(2)11-26-14(4)7-13(3)24-26;/h7-8,12H,6,9-11H2,1-5H3,(H2,21,22,23);1H. The highest BCUT2D eigenvalue weighted by atomic mass is 127. The molecule has 0 saturated carbocycles. The smallest absolute Gasteiger partial charge is 0.191 e. The SMILES string of the molecule is CCNC(=NCc1cc(Cl)c(Cl)n1C)NCC(C)Cn1nc(C)cc1C.I. The minimum atomic E-state index is 0. The van der Waals surface area contributed by atoms with E-state index in [4.69, 9.17) is 23.2 Å². The van der Waals surface area contributed by atoms with Gasteiger partial charge in [0.1, 0.15) is 5.15 Å². The molecule has 0 saturated heterocycles. The maximum absolute atomic E-state index is 6.11. The Hall–Kier alpha value is -0.930. The molecule has 2 aromatic rings. The average Bonchev–Trinajstić information content (AvgIpc) is 3.03. The van der Waals surface area contributed by atoms with Gasteiger partial charge in [-0.05, 0) is 38.8 Å². The first-order chi connectivity index (χ1) is 12.3. The first-order valence-corrected chi connectivity index (χ1v) is 9.60. The van der Waals surface area contributed by atoms with Crippen LogP contribution in [-0.4, -0.2) is 33.4 Å². The monoisotopic (exact) mass is 526 g/mol. The van der Waals surface area contributed by atoms with Gasteiger partial charge in [0.2, 0.25) is 0 Å². The van der Waals surface area contributed by atoms with Crippen LogP contribution in [0.2, 0.25) is 10.2 Å². The molecule has 0 bridgehead atoms. The van der Waals surface area contributed by atoms with Gasteiger partial charge in [0.15, 0.2) is 5.96 Å². The summed E-state index contributed by atoms with van der Waals surface area (Å²) in [6.07, 6.45) is 0. The Kier molecular flexibility index (Phi) is 9.97. The lowest BCUT2D eigenvalue weighted by molar-refractivity contribution is 0.436. The van der Waals surface area contributed by atoms with Gasteiger partial charge in [-0.25, -0.2) is 4.99 Å². The van der Waals surface area contributed by atoms with E-state index in [1.54, 1.807) is 0 Å². The maximum Gasteiger partial charge on any atom is 0.191 e. The number of hydrogen-bond donors (Lipinski definition) is 2. The molecule has 1 unspecified atom stereocenters. The van der Waals surface area contributed by atoms with Crippen molar-refractivity contribution in [2.45, 2.75) is 40.8 Å². The fraction of sp³-hybridized carbons (Fsp3) is 0.556. The molecule has 2 N–H and O–H groups in total. The highest BCUT2D eigenvalue weighted by Crippen LogP contribution is 2.25. The number of rotatable bonds is 7. The number of hydrogen-bond acceptors (Lipinski definition) is 2. The van der Waals surface area contributed by atoms with E-state index in [2.05, 4.69) is 45.3 Å². The van der Waals surface area contributed by atoms with Gasteiger partial charge in [-0.2, -0.15) is 5.10 Å². The summed E-state index contributed by atoms with van der Waals surface area (Å²) in [6, 6.07) is 3.95. The van der Waals surface area contributed by atoms with Gasteiger partial charge >= 0.3 is 0 Å². The third kappa shape index (κ3) is 6.87. The molecule has 2 heterocycles. The Bertz CT molecular complexity index is 768. The second-order valence-corrected chi connectivity index (χ2v) is 7.39. The molecule has 1 atom stereocenters. The Morgan fingerprint density at radius 2 is 1.96 bits per heavy atom. The molecule has 0 aliphatic heterocycles. The van der Waals surface area contributed by atoms with Crippen molar-refractivity contribution in [2.75, 3.05) is 13.1 Å². The fourth-order valence-electron chi connectivity index (χ4n) is 2.73. The van der Waals surface area contributed by atoms with Crippen LogP contribution in [0, 0.1) is 19.8 Å². The summed E-state index contributed by atoms with van der Waals surface area (Å²) < 4.78 is 3.90. The van der Waals surface area contributed by atoms with Gasteiger partial charge in [0, 0.05) is 38.1 Å². The predicted octanol–water partition coefficient (Wildman–Crippen LogP) is 4.15. The number of nitrogens with zero attached hydrogens (tertiary/aromatic N) is 4. The van der Waals surface area contributed by atoms with E-state index in [9.17, 15) is 0 Å². The topological polar surface area (TPSA) is 59.2 Å². The van der Waals surface area contributed by atoms with Crippen molar-refractivity contribution >= 4 is 53.1 Å². The number of nitrogens with one attached hydrogen (secondary N) is 2. The highest BCUT2D eigenvalue weighted by molar-refractivity contribution is 14.0. The van der Waals surface area contributed by atoms with Crippen molar-refractivity contribution in [3.63, 3.8) is 0 Å². The first-order valence-electron chi connectivity index (χ1n) is 8.84. The Balaban J connectivity index is 0.00000364. The second-order valence-electron chi connectivity index (χ2n) is 6.62. The Morgan fingerprint density at radius 1 is 1.26 bits per heavy atom. The molecular formula is C18H29Cl2IN6. The van der Waals surface area contributed by atoms with E-state index in [-0.39, 0.29) is 24.0 Å². The lowest BCUT2D eigenvalue weighted by atomic mass is 10.2. The molecule has 27 heavy (non-hydrogen) atoms. The number of guanidine groups is 1. The minimum Gasteiger partial charge on any atom is -0.357 e. The summed E-state index contributed by atoms with van der Waals surface area (Å²) >= 11 is 12.2. The lowest BCUT2D eigenvalue weighted by Gasteiger charge is -2.17. The lowest BCUT2D eigenvalue weighted by Crippen LogP contribution is -2.40. The van der Waals surface area contributed by atoms with Crippen molar-refractivity contribution in [1.29, 1.82) is 0 Å². The molecule has 0 spiro atoms. The van der Waals surface area contributed by atoms with Crippen LogP contribution in [0.3, 0.4) is 0 Å². The van der Waals surface area contributed by atoms with E-state index in [0.29, 0.717) is 22.6 Å². The van der Waals surface area contributed by atoms with Crippen LogP contribution in [0.15, 0.2) is 17.1 Å². The zero-order valence-corrected chi connectivity index (χ0v) is 20.4. The van der Waals surface area contributed by atoms with Gasteiger partial charge in [-0.15, -0.1) is 24.0 Å². The van der Waals surface area contributed by atoms with E-state index < -0.39 is 0 Å². The van der Waals surface area contributed by atoms with Crippen LogP contribution >= 0.6 is 47.2 Å². The van der Waals surface area contributed by atoms with Crippen molar-refractivity contribution in [2.24, 2.45) is 18.0 Å². The zero-order chi connectivity index (χ0) is 19.3. The van der Waals surface area contributed by atoms with Gasteiger partial charge in [-0.3, -0.25) is 4.68 Å². The van der Waals surface area contributed by atoms with E-state index in [0.717, 1.165) is 37.0 Å².